The Kier molecular flexibility index (Phi) is 4.74. The molecule has 0 fully saturated rings. The van der Waals surface area contributed by atoms with Gasteiger partial charge in [0.15, 0.2) is 11.5 Å². The SMILES string of the molecule is CCC(O)(CC)CNC(=O)NCc1nnc2ccccn12. The monoisotopic (exact) mass is 291 g/mol. The second kappa shape index (κ2) is 6.53. The van der Waals surface area contributed by atoms with Crippen LogP contribution in [-0.4, -0.2) is 37.9 Å². The van der Waals surface area contributed by atoms with Gasteiger partial charge in [-0.3, -0.25) is 4.40 Å². The molecule has 21 heavy (non-hydrogen) atoms. The van der Waals surface area contributed by atoms with Crippen LogP contribution in [0.15, 0.2) is 24.4 Å². The minimum absolute atomic E-state index is 0.229. The third-order valence-electron chi connectivity index (χ3n) is 3.69. The topological polar surface area (TPSA) is 91.5 Å². The summed E-state index contributed by atoms with van der Waals surface area (Å²) in [6, 6.07) is 5.27. The van der Waals surface area contributed by atoms with E-state index in [0.29, 0.717) is 18.7 Å². The summed E-state index contributed by atoms with van der Waals surface area (Å²) in [5.74, 6) is 0.655. The van der Waals surface area contributed by atoms with Gasteiger partial charge in [-0.2, -0.15) is 0 Å². The second-order valence-electron chi connectivity index (χ2n) is 5.01. The number of amides is 2. The molecular formula is C14H21N5O2. The van der Waals surface area contributed by atoms with Gasteiger partial charge in [0.25, 0.3) is 0 Å². The first-order valence-corrected chi connectivity index (χ1v) is 7.10. The molecule has 0 radical (unpaired) electrons. The molecule has 2 rings (SSSR count). The Morgan fingerprint density at radius 1 is 1.29 bits per heavy atom. The molecule has 0 bridgehead atoms. The van der Waals surface area contributed by atoms with E-state index < -0.39 is 5.60 Å². The molecule has 0 aliphatic heterocycles. The van der Waals surface area contributed by atoms with E-state index >= 15 is 0 Å². The quantitative estimate of drug-likeness (QED) is 0.742. The molecule has 0 saturated carbocycles. The van der Waals surface area contributed by atoms with E-state index in [1.807, 2.05) is 42.6 Å². The fourth-order valence-corrected chi connectivity index (χ4v) is 1.98. The summed E-state index contributed by atoms with van der Waals surface area (Å²) in [7, 11) is 0. The van der Waals surface area contributed by atoms with Crippen molar-refractivity contribution in [2.45, 2.75) is 38.8 Å². The zero-order chi connectivity index (χ0) is 15.3. The van der Waals surface area contributed by atoms with E-state index in [1.165, 1.54) is 0 Å². The summed E-state index contributed by atoms with van der Waals surface area (Å²) in [5.41, 5.74) is -0.111. The maximum atomic E-state index is 11.8. The van der Waals surface area contributed by atoms with E-state index in [9.17, 15) is 9.90 Å². The van der Waals surface area contributed by atoms with Crippen molar-refractivity contribution in [1.29, 1.82) is 0 Å². The fourth-order valence-electron chi connectivity index (χ4n) is 1.98. The molecule has 0 aliphatic rings. The first-order valence-electron chi connectivity index (χ1n) is 7.10. The minimum atomic E-state index is -0.848. The van der Waals surface area contributed by atoms with E-state index in [2.05, 4.69) is 20.8 Å². The highest BCUT2D eigenvalue weighted by molar-refractivity contribution is 5.73. The Balaban J connectivity index is 1.87. The van der Waals surface area contributed by atoms with Crippen LogP contribution in [0.25, 0.3) is 5.65 Å². The van der Waals surface area contributed by atoms with Crippen molar-refractivity contribution >= 4 is 11.7 Å². The smallest absolute Gasteiger partial charge is 0.315 e. The van der Waals surface area contributed by atoms with Crippen LogP contribution in [0.2, 0.25) is 0 Å². The molecular weight excluding hydrogens is 270 g/mol. The highest BCUT2D eigenvalue weighted by Gasteiger charge is 2.22. The summed E-state index contributed by atoms with van der Waals surface area (Å²) >= 11 is 0. The molecule has 0 spiro atoms. The van der Waals surface area contributed by atoms with Crippen molar-refractivity contribution in [3.63, 3.8) is 0 Å². The maximum Gasteiger partial charge on any atom is 0.315 e. The number of fused-ring (bicyclic) bond motifs is 1. The lowest BCUT2D eigenvalue weighted by molar-refractivity contribution is 0.0349. The molecule has 7 nitrogen and oxygen atoms in total. The van der Waals surface area contributed by atoms with Gasteiger partial charge >= 0.3 is 6.03 Å². The molecule has 0 saturated heterocycles. The molecule has 114 valence electrons. The largest absolute Gasteiger partial charge is 0.388 e. The lowest BCUT2D eigenvalue weighted by Crippen LogP contribution is -2.45. The third-order valence-corrected chi connectivity index (χ3v) is 3.69. The van der Waals surface area contributed by atoms with Gasteiger partial charge in [-0.05, 0) is 25.0 Å². The Morgan fingerprint density at radius 3 is 2.76 bits per heavy atom. The molecule has 0 unspecified atom stereocenters. The van der Waals surface area contributed by atoms with Crippen LogP contribution in [0.4, 0.5) is 4.79 Å². The lowest BCUT2D eigenvalue weighted by Gasteiger charge is -2.25. The Bertz CT molecular complexity index is 606. The summed E-state index contributed by atoms with van der Waals surface area (Å²) in [6.45, 7) is 4.29. The minimum Gasteiger partial charge on any atom is -0.388 e. The number of hydrogen-bond donors (Lipinski definition) is 3. The number of hydrogen-bond acceptors (Lipinski definition) is 4. The molecule has 2 aromatic heterocycles. The van der Waals surface area contributed by atoms with Crippen LogP contribution in [0.5, 0.6) is 0 Å². The predicted octanol–water partition coefficient (Wildman–Crippen LogP) is 1.08. The highest BCUT2D eigenvalue weighted by atomic mass is 16.3. The molecule has 3 N–H and O–H groups in total. The average Bonchev–Trinajstić information content (AvgIpc) is 2.94. The zero-order valence-electron chi connectivity index (χ0n) is 12.3. The fraction of sp³-hybridized carbons (Fsp3) is 0.500. The third kappa shape index (κ3) is 3.69. The van der Waals surface area contributed by atoms with Gasteiger partial charge in [-0.1, -0.05) is 19.9 Å². The van der Waals surface area contributed by atoms with Gasteiger partial charge in [0, 0.05) is 12.7 Å². The number of rotatable bonds is 6. The lowest BCUT2D eigenvalue weighted by atomic mass is 9.98. The highest BCUT2D eigenvalue weighted by Crippen LogP contribution is 2.12. The number of nitrogens with zero attached hydrogens (tertiary/aromatic N) is 3. The Labute approximate surface area is 123 Å². The average molecular weight is 291 g/mol. The van der Waals surface area contributed by atoms with Crippen molar-refractivity contribution in [1.82, 2.24) is 25.2 Å². The number of aliphatic hydroxyl groups is 1. The first-order chi connectivity index (χ1) is 10.1. The second-order valence-corrected chi connectivity index (χ2v) is 5.01. The maximum absolute atomic E-state index is 11.8. The summed E-state index contributed by atoms with van der Waals surface area (Å²) in [6.07, 6.45) is 3.04. The molecule has 0 atom stereocenters. The Morgan fingerprint density at radius 2 is 2.05 bits per heavy atom. The number of aromatic nitrogens is 3. The summed E-state index contributed by atoms with van der Waals surface area (Å²) < 4.78 is 1.81. The molecule has 7 heteroatoms. The number of carbonyl (C=O) groups is 1. The van der Waals surface area contributed by atoms with Gasteiger partial charge in [-0.15, -0.1) is 10.2 Å². The molecule has 0 aliphatic carbocycles. The summed E-state index contributed by atoms with van der Waals surface area (Å²) in [5, 5.41) is 23.5. The van der Waals surface area contributed by atoms with Crippen molar-refractivity contribution in [3.8, 4) is 0 Å². The van der Waals surface area contributed by atoms with E-state index in [1.54, 1.807) is 0 Å². The van der Waals surface area contributed by atoms with E-state index in [-0.39, 0.29) is 19.1 Å². The number of carbonyl (C=O) groups excluding carboxylic acids is 1. The number of pyridine rings is 1. The van der Waals surface area contributed by atoms with E-state index in [4.69, 9.17) is 0 Å². The predicted molar refractivity (Wildman–Crippen MR) is 78.8 cm³/mol. The van der Waals surface area contributed by atoms with Crippen LogP contribution >= 0.6 is 0 Å². The number of urea groups is 1. The molecule has 2 amide bonds. The molecule has 2 heterocycles. The van der Waals surface area contributed by atoms with Gasteiger partial charge in [-0.25, -0.2) is 4.79 Å². The first kappa shape index (κ1) is 15.2. The number of nitrogens with one attached hydrogen (secondary N) is 2. The van der Waals surface area contributed by atoms with Crippen LogP contribution in [0.3, 0.4) is 0 Å². The van der Waals surface area contributed by atoms with Crippen LogP contribution in [0, 0.1) is 0 Å². The van der Waals surface area contributed by atoms with Gasteiger partial charge in [0.2, 0.25) is 0 Å². The van der Waals surface area contributed by atoms with Crippen molar-refractivity contribution in [3.05, 3.63) is 30.2 Å². The standard InChI is InChI=1S/C14H21N5O2/c1-3-14(21,4-2)10-16-13(20)15-9-12-18-17-11-7-5-6-8-19(11)12/h5-8,21H,3-4,9-10H2,1-2H3,(H2,15,16,20). The molecule has 2 aromatic rings. The van der Waals surface area contributed by atoms with Gasteiger partial charge < -0.3 is 15.7 Å². The van der Waals surface area contributed by atoms with Gasteiger partial charge in [0.05, 0.1) is 12.1 Å². The Hall–Kier alpha value is -2.15. The summed E-state index contributed by atoms with van der Waals surface area (Å²) in [4.78, 5) is 11.8. The van der Waals surface area contributed by atoms with Crippen LogP contribution < -0.4 is 10.6 Å². The van der Waals surface area contributed by atoms with Crippen LogP contribution in [-0.2, 0) is 6.54 Å². The normalized spacial score (nSPS) is 11.6. The van der Waals surface area contributed by atoms with Crippen molar-refractivity contribution in [2.75, 3.05) is 6.54 Å². The van der Waals surface area contributed by atoms with Crippen LogP contribution in [0.1, 0.15) is 32.5 Å². The molecule has 0 aromatic carbocycles. The van der Waals surface area contributed by atoms with Crippen molar-refractivity contribution in [2.24, 2.45) is 0 Å². The van der Waals surface area contributed by atoms with Crippen molar-refractivity contribution < 1.29 is 9.90 Å². The van der Waals surface area contributed by atoms with E-state index in [0.717, 1.165) is 5.65 Å². The van der Waals surface area contributed by atoms with Gasteiger partial charge in [0.1, 0.15) is 0 Å². The zero-order valence-corrected chi connectivity index (χ0v) is 12.3.